The summed E-state index contributed by atoms with van der Waals surface area (Å²) >= 11 is 2.42. The monoisotopic (exact) mass is 127 g/mol. The van der Waals surface area contributed by atoms with Crippen LogP contribution in [0.15, 0.2) is 0 Å². The number of hydrogen-bond donors (Lipinski definition) is 1. The van der Waals surface area contributed by atoms with E-state index in [1.165, 1.54) is 32.4 Å². The molecule has 1 fully saturated rings. The predicted octanol–water partition coefficient (Wildman–Crippen LogP) is 0.963. The third-order valence-electron chi connectivity index (χ3n) is 1.21. The van der Waals surface area contributed by atoms with E-state index in [-0.39, 0.29) is 0 Å². The van der Waals surface area contributed by atoms with E-state index < -0.39 is 0 Å². The summed E-state index contributed by atoms with van der Waals surface area (Å²) in [6.07, 6.45) is 4.22. The molecule has 0 aromatic heterocycles. The quantitative estimate of drug-likeness (QED) is 0.478. The van der Waals surface area contributed by atoms with Crippen LogP contribution < -0.4 is 5.32 Å². The minimum atomic E-state index is 1.25. The highest BCUT2D eigenvalue weighted by molar-refractivity contribution is 6.05. The molecule has 0 aliphatic carbocycles. The predicted molar refractivity (Wildman–Crippen MR) is 38.3 cm³/mol. The Kier molecular flexibility index (Phi) is 7.95. The highest BCUT2D eigenvalue weighted by Crippen LogP contribution is 1.96. The Labute approximate surface area is 60.3 Å². The summed E-state index contributed by atoms with van der Waals surface area (Å²) in [6.45, 7) is 2.50. The van der Waals surface area contributed by atoms with Gasteiger partial charge in [-0.15, -0.1) is 5.79 Å². The van der Waals surface area contributed by atoms with E-state index >= 15 is 0 Å². The van der Waals surface area contributed by atoms with Gasteiger partial charge in [-0.25, -0.2) is 0 Å². The van der Waals surface area contributed by atoms with Crippen LogP contribution in [0.5, 0.6) is 0 Å². The van der Waals surface area contributed by atoms with Crippen molar-refractivity contribution in [3.05, 3.63) is 0 Å². The largest absolute Gasteiger partial charge is 0.317 e. The smallest absolute Gasteiger partial charge is 0.112 e. The molecule has 2 heteroatoms. The maximum atomic E-state index is 3.28. The van der Waals surface area contributed by atoms with Crippen molar-refractivity contribution in [1.82, 2.24) is 5.32 Å². The van der Waals surface area contributed by atoms with Crippen molar-refractivity contribution < 1.29 is 0 Å². The maximum Gasteiger partial charge on any atom is 0.112 e. The molecular weight excluding hydrogens is 113 g/mol. The lowest BCUT2D eigenvalue weighted by Crippen LogP contribution is -2.21. The molecule has 0 saturated carbocycles. The molecule has 0 amide bonds. The molecule has 46 valence electrons. The van der Waals surface area contributed by atoms with E-state index in [4.69, 9.17) is 0 Å². The molecule has 1 aliphatic heterocycles. The van der Waals surface area contributed by atoms with E-state index in [1.54, 1.807) is 0 Å². The normalized spacial score (nSPS) is 18.6. The van der Waals surface area contributed by atoms with Gasteiger partial charge in [-0.05, 0) is 25.9 Å². The van der Waals surface area contributed by atoms with Gasteiger partial charge >= 0.3 is 0 Å². The molecule has 0 unspecified atom stereocenters. The van der Waals surface area contributed by atoms with Crippen LogP contribution in [0.3, 0.4) is 0 Å². The third-order valence-corrected chi connectivity index (χ3v) is 1.21. The van der Waals surface area contributed by atoms with E-state index in [2.05, 4.69) is 21.6 Å². The first kappa shape index (κ1) is 8.49. The Bertz CT molecular complexity index is 24.0. The minimum absolute atomic E-state index is 1.25. The van der Waals surface area contributed by atoms with Gasteiger partial charge < -0.3 is 5.32 Å². The first-order chi connectivity index (χ1) is 4.00. The summed E-state index contributed by atoms with van der Waals surface area (Å²) in [5, 5.41) is 3.28. The van der Waals surface area contributed by atoms with Gasteiger partial charge in [0.2, 0.25) is 0 Å². The lowest BCUT2D eigenvalue weighted by molar-refractivity contribution is 0.520. The first-order valence-corrected chi connectivity index (χ1v) is 4.44. The molecule has 1 aliphatic rings. The molecule has 0 atom stereocenters. The molecule has 1 nitrogen and oxygen atoms in total. The minimum Gasteiger partial charge on any atom is -0.317 e. The van der Waals surface area contributed by atoms with Crippen LogP contribution >= 0.6 is 0 Å². The van der Waals surface area contributed by atoms with Gasteiger partial charge in [-0.3, -0.25) is 0 Å². The second-order valence-electron chi connectivity index (χ2n) is 1.81. The topological polar surface area (TPSA) is 12.0 Å². The zero-order valence-electron chi connectivity index (χ0n) is 5.61. The van der Waals surface area contributed by atoms with Crippen molar-refractivity contribution in [3.63, 3.8) is 0 Å². The zero-order chi connectivity index (χ0) is 6.24. The van der Waals surface area contributed by atoms with Gasteiger partial charge in [0.15, 0.2) is 0 Å². The van der Waals surface area contributed by atoms with Crippen LogP contribution in [-0.2, 0) is 0 Å². The summed E-state index contributed by atoms with van der Waals surface area (Å²) in [4.78, 5) is 0. The highest BCUT2D eigenvalue weighted by atomic mass is 27.0. The fraction of sp³-hybridized carbons (Fsp3) is 1.00. The summed E-state index contributed by atoms with van der Waals surface area (Å²) in [5.41, 5.74) is 0. The molecule has 2 radical (unpaired) electrons. The number of piperidine rings is 1. The van der Waals surface area contributed by atoms with Crippen molar-refractivity contribution in [2.24, 2.45) is 0 Å². The van der Waals surface area contributed by atoms with Crippen LogP contribution in [0.1, 0.15) is 19.3 Å². The summed E-state index contributed by atoms with van der Waals surface area (Å²) in [7, 11) is 0. The standard InChI is InChI=1S/C5H11N.CH3.Al/c1-2-4-6-5-3-1;;/h6H,1-5H2;1H3;. The molecule has 0 aromatic carbocycles. The first-order valence-electron chi connectivity index (χ1n) is 3.28. The van der Waals surface area contributed by atoms with Crippen LogP contribution in [-0.4, -0.2) is 29.4 Å². The second kappa shape index (κ2) is 7.49. The summed E-state index contributed by atoms with van der Waals surface area (Å²) in [6, 6.07) is 0. The van der Waals surface area contributed by atoms with Crippen molar-refractivity contribution in [3.8, 4) is 0 Å². The lowest BCUT2D eigenvalue weighted by atomic mass is 10.2. The van der Waals surface area contributed by atoms with Crippen LogP contribution in [0, 0.1) is 0 Å². The van der Waals surface area contributed by atoms with Gasteiger partial charge in [0.25, 0.3) is 0 Å². The van der Waals surface area contributed by atoms with Crippen molar-refractivity contribution in [2.75, 3.05) is 13.1 Å². The molecule has 1 N–H and O–H groups in total. The molecule has 0 aromatic rings. The van der Waals surface area contributed by atoms with E-state index in [0.29, 0.717) is 0 Å². The fourth-order valence-electron chi connectivity index (χ4n) is 0.802. The van der Waals surface area contributed by atoms with E-state index in [9.17, 15) is 0 Å². The summed E-state index contributed by atoms with van der Waals surface area (Å²) < 4.78 is 0. The fourth-order valence-corrected chi connectivity index (χ4v) is 0.802. The average molecular weight is 127 g/mol. The van der Waals surface area contributed by atoms with Crippen molar-refractivity contribution in [2.45, 2.75) is 25.0 Å². The molecule has 0 bridgehead atoms. The van der Waals surface area contributed by atoms with Gasteiger partial charge in [-0.2, -0.15) is 0 Å². The van der Waals surface area contributed by atoms with Gasteiger partial charge in [0.1, 0.15) is 16.3 Å². The Morgan fingerprint density at radius 3 is 1.62 bits per heavy atom. The Balaban J connectivity index is 0.000000222. The Morgan fingerprint density at radius 1 is 1.00 bits per heavy atom. The van der Waals surface area contributed by atoms with Crippen LogP contribution in [0.4, 0.5) is 0 Å². The Morgan fingerprint density at radius 2 is 1.50 bits per heavy atom. The molecule has 8 heavy (non-hydrogen) atoms. The van der Waals surface area contributed by atoms with Gasteiger partial charge in [0.05, 0.1) is 0 Å². The van der Waals surface area contributed by atoms with Crippen LogP contribution in [0.2, 0.25) is 5.79 Å². The molecule has 1 heterocycles. The molecular formula is C6H14AlN. The van der Waals surface area contributed by atoms with E-state index in [0.717, 1.165) is 0 Å². The molecule has 1 rings (SSSR count). The highest BCUT2D eigenvalue weighted by Gasteiger charge is 1.93. The second-order valence-corrected chi connectivity index (χ2v) is 1.81. The SMILES string of the molecule is C1CCNCC1.[CH3][Al]. The lowest BCUT2D eigenvalue weighted by Gasteiger charge is -2.08. The van der Waals surface area contributed by atoms with Crippen molar-refractivity contribution >= 4 is 16.3 Å². The Hall–Kier alpha value is 0.492. The average Bonchev–Trinajstić information content (AvgIpc) is 1.96. The maximum absolute atomic E-state index is 3.28. The molecule has 1 saturated heterocycles. The summed E-state index contributed by atoms with van der Waals surface area (Å²) in [5.74, 6) is 1.92. The van der Waals surface area contributed by atoms with Gasteiger partial charge in [0, 0.05) is 0 Å². The van der Waals surface area contributed by atoms with Crippen molar-refractivity contribution in [1.29, 1.82) is 0 Å². The third kappa shape index (κ3) is 4.65. The number of rotatable bonds is 0. The van der Waals surface area contributed by atoms with Gasteiger partial charge in [-0.1, -0.05) is 6.42 Å². The number of hydrogen-bond acceptors (Lipinski definition) is 1. The van der Waals surface area contributed by atoms with E-state index in [1.807, 2.05) is 5.79 Å². The molecule has 0 spiro atoms. The zero-order valence-corrected chi connectivity index (χ0v) is 6.77. The number of nitrogens with one attached hydrogen (secondary N) is 1. The van der Waals surface area contributed by atoms with Crippen LogP contribution in [0.25, 0.3) is 0 Å².